The first-order valence-corrected chi connectivity index (χ1v) is 13.9. The van der Waals surface area contributed by atoms with Crippen molar-refractivity contribution in [3.05, 3.63) is 71.0 Å². The topological polar surface area (TPSA) is 36.2 Å². The molecule has 0 amide bonds. The molecule has 0 saturated carbocycles. The lowest BCUT2D eigenvalue weighted by Gasteiger charge is -2.36. The zero-order valence-electron chi connectivity index (χ0n) is 22.4. The molecule has 0 atom stereocenters. The van der Waals surface area contributed by atoms with E-state index in [0.29, 0.717) is 13.0 Å². The van der Waals surface area contributed by atoms with E-state index in [1.807, 2.05) is 0 Å². The molecule has 0 aliphatic carbocycles. The number of aromatic nitrogens is 2. The third-order valence-corrected chi connectivity index (χ3v) is 8.51. The highest BCUT2D eigenvalue weighted by molar-refractivity contribution is 5.93. The van der Waals surface area contributed by atoms with Gasteiger partial charge >= 0.3 is 5.97 Å². The van der Waals surface area contributed by atoms with Gasteiger partial charge in [-0.2, -0.15) is 0 Å². The molecule has 190 valence electrons. The predicted molar refractivity (Wildman–Crippen MR) is 149 cm³/mol. The van der Waals surface area contributed by atoms with Crippen molar-refractivity contribution >= 4 is 27.8 Å². The average Bonchev–Trinajstić information content (AvgIpc) is 3.32. The van der Waals surface area contributed by atoms with Crippen molar-refractivity contribution in [1.29, 1.82) is 0 Å². The van der Waals surface area contributed by atoms with Gasteiger partial charge in [-0.1, -0.05) is 62.1 Å². The predicted octanol–water partition coefficient (Wildman–Crippen LogP) is 7.83. The maximum absolute atomic E-state index is 13.6. The second kappa shape index (κ2) is 10.2. The van der Waals surface area contributed by atoms with Crippen LogP contribution in [-0.2, 0) is 28.0 Å². The Morgan fingerprint density at radius 2 is 1.25 bits per heavy atom. The third-order valence-electron chi connectivity index (χ3n) is 8.51. The van der Waals surface area contributed by atoms with Crippen LogP contribution in [0.25, 0.3) is 21.8 Å². The number of nitrogens with zero attached hydrogens (tertiary/aromatic N) is 2. The summed E-state index contributed by atoms with van der Waals surface area (Å²) in [7, 11) is 0. The monoisotopic (exact) mass is 484 g/mol. The van der Waals surface area contributed by atoms with Crippen LogP contribution < -0.4 is 0 Å². The van der Waals surface area contributed by atoms with E-state index in [-0.39, 0.29) is 5.97 Å². The molecule has 5 rings (SSSR count). The maximum Gasteiger partial charge on any atom is 0.307 e. The van der Waals surface area contributed by atoms with E-state index in [0.717, 1.165) is 38.8 Å². The highest BCUT2D eigenvalue weighted by atomic mass is 16.5. The van der Waals surface area contributed by atoms with Gasteiger partial charge in [0.2, 0.25) is 0 Å². The van der Waals surface area contributed by atoms with E-state index in [2.05, 4.69) is 85.4 Å². The molecule has 4 heteroatoms. The van der Waals surface area contributed by atoms with Crippen LogP contribution in [0.4, 0.5) is 0 Å². The number of aryl methyl sites for hydroxylation is 2. The number of benzene rings is 2. The van der Waals surface area contributed by atoms with Crippen LogP contribution in [0.3, 0.4) is 0 Å². The second-order valence-corrected chi connectivity index (χ2v) is 10.4. The number of cyclic esters (lactones) is 1. The number of carbonyl (C=O) groups excluding carboxylic acids is 1. The van der Waals surface area contributed by atoms with Gasteiger partial charge in [0.15, 0.2) is 0 Å². The SMILES string of the molecule is CCn1c(C)c(C2(c3c(C)n(CC)c4ccccc34)CCCCCCCOC(=O)C2)c2ccccc21. The molecule has 36 heavy (non-hydrogen) atoms. The van der Waals surface area contributed by atoms with Gasteiger partial charge in [0.1, 0.15) is 0 Å². The quantitative estimate of drug-likeness (QED) is 0.277. The molecular formula is C32H40N2O2. The molecule has 1 aliphatic heterocycles. The summed E-state index contributed by atoms with van der Waals surface area (Å²) in [5.74, 6) is -0.0719. The van der Waals surface area contributed by atoms with E-state index in [9.17, 15) is 4.79 Å². The number of fused-ring (bicyclic) bond motifs is 2. The summed E-state index contributed by atoms with van der Waals surface area (Å²) in [5, 5.41) is 2.54. The number of carbonyl (C=O) groups is 1. The fourth-order valence-electron chi connectivity index (χ4n) is 7.07. The van der Waals surface area contributed by atoms with Crippen molar-refractivity contribution in [3.63, 3.8) is 0 Å². The largest absolute Gasteiger partial charge is 0.466 e. The van der Waals surface area contributed by atoms with E-state index in [4.69, 9.17) is 4.74 Å². The summed E-state index contributed by atoms with van der Waals surface area (Å²) < 4.78 is 10.7. The minimum absolute atomic E-state index is 0.0719. The molecule has 2 aromatic carbocycles. The molecule has 0 radical (unpaired) electrons. The highest BCUT2D eigenvalue weighted by Gasteiger charge is 2.44. The smallest absolute Gasteiger partial charge is 0.307 e. The Balaban J connectivity index is 1.90. The lowest BCUT2D eigenvalue weighted by molar-refractivity contribution is -0.145. The fourth-order valence-corrected chi connectivity index (χ4v) is 7.07. The molecule has 4 nitrogen and oxygen atoms in total. The Morgan fingerprint density at radius 1 is 0.750 bits per heavy atom. The summed E-state index contributed by atoms with van der Waals surface area (Å²) in [6.45, 7) is 11.3. The Hall–Kier alpha value is -3.01. The zero-order valence-corrected chi connectivity index (χ0v) is 22.4. The number of hydrogen-bond donors (Lipinski definition) is 0. The number of hydrogen-bond acceptors (Lipinski definition) is 2. The van der Waals surface area contributed by atoms with Crippen LogP contribution in [0.15, 0.2) is 48.5 Å². The van der Waals surface area contributed by atoms with E-state index >= 15 is 0 Å². The normalized spacial score (nSPS) is 17.3. The van der Waals surface area contributed by atoms with Crippen molar-refractivity contribution in [3.8, 4) is 0 Å². The Morgan fingerprint density at radius 3 is 1.81 bits per heavy atom. The Kier molecular flexibility index (Phi) is 6.96. The van der Waals surface area contributed by atoms with Crippen molar-refractivity contribution in [2.75, 3.05) is 6.61 Å². The number of rotatable bonds is 4. The van der Waals surface area contributed by atoms with Gasteiger partial charge in [0.05, 0.1) is 13.0 Å². The standard InChI is InChI=1S/C32H40N2O2/c1-5-33-23(3)30(25-16-10-12-18-27(25)33)32(20-14-8-7-9-15-21-36-29(35)22-32)31-24(4)34(6-2)28-19-13-11-17-26(28)31/h10-13,16-19H,5-9,14-15,20-22H2,1-4H3. The van der Waals surface area contributed by atoms with E-state index in [1.54, 1.807) is 0 Å². The van der Waals surface area contributed by atoms with Crippen LogP contribution in [0.2, 0.25) is 0 Å². The van der Waals surface area contributed by atoms with Gasteiger partial charge in [0, 0.05) is 51.7 Å². The van der Waals surface area contributed by atoms with Gasteiger partial charge in [-0.05, 0) is 63.8 Å². The van der Waals surface area contributed by atoms with Crippen LogP contribution in [0, 0.1) is 13.8 Å². The minimum atomic E-state index is -0.449. The molecule has 4 aromatic rings. The van der Waals surface area contributed by atoms with Gasteiger partial charge in [-0.25, -0.2) is 0 Å². The van der Waals surface area contributed by atoms with E-state index in [1.165, 1.54) is 57.2 Å². The van der Waals surface area contributed by atoms with Crippen LogP contribution in [0.1, 0.15) is 81.3 Å². The minimum Gasteiger partial charge on any atom is -0.466 e. The molecule has 0 unspecified atom stereocenters. The molecule has 1 fully saturated rings. The van der Waals surface area contributed by atoms with Crippen molar-refractivity contribution in [2.45, 2.75) is 91.1 Å². The first-order valence-electron chi connectivity index (χ1n) is 13.9. The first kappa shape index (κ1) is 24.7. The summed E-state index contributed by atoms with van der Waals surface area (Å²) in [4.78, 5) is 13.6. The molecule has 2 aromatic heterocycles. The van der Waals surface area contributed by atoms with Crippen LogP contribution in [-0.4, -0.2) is 21.7 Å². The van der Waals surface area contributed by atoms with E-state index < -0.39 is 5.41 Å². The molecule has 3 heterocycles. The molecule has 1 saturated heterocycles. The Labute approximate surface area is 215 Å². The van der Waals surface area contributed by atoms with Crippen LogP contribution in [0.5, 0.6) is 0 Å². The number of esters is 1. The number of para-hydroxylation sites is 2. The van der Waals surface area contributed by atoms with Gasteiger partial charge < -0.3 is 13.9 Å². The summed E-state index contributed by atoms with van der Waals surface area (Å²) in [6, 6.07) is 17.5. The van der Waals surface area contributed by atoms with Crippen molar-refractivity contribution in [2.24, 2.45) is 0 Å². The fraction of sp³-hybridized carbons (Fsp3) is 0.469. The summed E-state index contributed by atoms with van der Waals surface area (Å²) in [6.07, 6.45) is 6.89. The summed E-state index contributed by atoms with van der Waals surface area (Å²) in [5.41, 5.74) is 7.24. The lowest BCUT2D eigenvalue weighted by Crippen LogP contribution is -2.33. The highest BCUT2D eigenvalue weighted by Crippen LogP contribution is 2.50. The van der Waals surface area contributed by atoms with Crippen molar-refractivity contribution < 1.29 is 9.53 Å². The summed E-state index contributed by atoms with van der Waals surface area (Å²) >= 11 is 0. The van der Waals surface area contributed by atoms with Crippen LogP contribution >= 0.6 is 0 Å². The molecule has 1 aliphatic rings. The zero-order chi connectivity index (χ0) is 25.3. The lowest BCUT2D eigenvalue weighted by atomic mass is 9.66. The second-order valence-electron chi connectivity index (χ2n) is 10.4. The molecular weight excluding hydrogens is 444 g/mol. The number of ether oxygens (including phenoxy) is 1. The van der Waals surface area contributed by atoms with Gasteiger partial charge in [0.25, 0.3) is 0 Å². The average molecular weight is 485 g/mol. The van der Waals surface area contributed by atoms with Crippen molar-refractivity contribution in [1.82, 2.24) is 9.13 Å². The molecule has 0 spiro atoms. The van der Waals surface area contributed by atoms with Gasteiger partial charge in [-0.15, -0.1) is 0 Å². The third kappa shape index (κ3) is 3.95. The van der Waals surface area contributed by atoms with Gasteiger partial charge in [-0.3, -0.25) is 4.79 Å². The maximum atomic E-state index is 13.6. The molecule has 0 bridgehead atoms. The first-order chi connectivity index (χ1) is 17.5. The molecule has 0 N–H and O–H groups in total. The Bertz CT molecular complexity index is 1300.